The van der Waals surface area contributed by atoms with Gasteiger partial charge in [0.25, 0.3) is 5.91 Å². The van der Waals surface area contributed by atoms with Crippen molar-refractivity contribution in [2.45, 2.75) is 38.3 Å². The van der Waals surface area contributed by atoms with Crippen LogP contribution in [-0.4, -0.2) is 48.9 Å². The molecule has 0 saturated carbocycles. The van der Waals surface area contributed by atoms with Crippen molar-refractivity contribution in [3.63, 3.8) is 0 Å². The molecule has 0 aromatic heterocycles. The molecular weight excluding hydrogens is 415 g/mol. The van der Waals surface area contributed by atoms with Crippen LogP contribution in [-0.2, 0) is 19.9 Å². The number of ether oxygens (including phenoxy) is 1. The zero-order valence-electron chi connectivity index (χ0n) is 16.8. The van der Waals surface area contributed by atoms with E-state index in [2.05, 4.69) is 9.73 Å². The van der Waals surface area contributed by atoms with E-state index in [0.29, 0.717) is 7.11 Å². The molecule has 1 aliphatic heterocycles. The molecule has 1 heterocycles. The number of carbonyl (C=O) groups excluding carboxylic acids is 2. The summed E-state index contributed by atoms with van der Waals surface area (Å²) in [6, 6.07) is 2.75. The van der Waals surface area contributed by atoms with Crippen molar-refractivity contribution in [1.29, 1.82) is 0 Å². The van der Waals surface area contributed by atoms with Crippen LogP contribution in [0, 0.1) is 11.2 Å². The van der Waals surface area contributed by atoms with Crippen LogP contribution in [0.15, 0.2) is 23.2 Å². The third-order valence-electron chi connectivity index (χ3n) is 5.42. The highest BCUT2D eigenvalue weighted by molar-refractivity contribution is 6.02. The molecule has 0 fully saturated rings. The predicted molar refractivity (Wildman–Crippen MR) is 97.5 cm³/mol. The number of nitrogens with zero attached hydrogens (tertiary/aromatic N) is 2. The lowest BCUT2D eigenvalue weighted by atomic mass is 9.67. The number of anilines is 1. The number of benzene rings is 1. The van der Waals surface area contributed by atoms with E-state index in [1.165, 1.54) is 27.8 Å². The second kappa shape index (κ2) is 7.18. The molecule has 0 aliphatic carbocycles. The van der Waals surface area contributed by atoms with Crippen molar-refractivity contribution < 1.29 is 36.3 Å². The molecule has 2 amide bonds. The number of aliphatic imine (C=N–C) groups is 1. The maximum Gasteiger partial charge on any atom is 0.458 e. The van der Waals surface area contributed by atoms with Crippen LogP contribution in [0.5, 0.6) is 0 Å². The minimum absolute atomic E-state index is 0.199. The molecule has 166 valence electrons. The monoisotopic (exact) mass is 436 g/mol. The van der Waals surface area contributed by atoms with Gasteiger partial charge in [0, 0.05) is 25.4 Å². The summed E-state index contributed by atoms with van der Waals surface area (Å²) in [7, 11) is 1.77. The maximum absolute atomic E-state index is 14.7. The second-order valence-electron chi connectivity index (χ2n) is 7.48. The molecule has 0 spiro atoms. The number of halogens is 5. The lowest BCUT2D eigenvalue weighted by Crippen LogP contribution is -2.58. The quantitative estimate of drug-likeness (QED) is 0.710. The zero-order valence-corrected chi connectivity index (χ0v) is 16.8. The first-order valence-corrected chi connectivity index (χ1v) is 8.58. The number of hydrogen-bond acceptors (Lipinski definition) is 5. The van der Waals surface area contributed by atoms with Gasteiger partial charge in [-0.15, -0.1) is 0 Å². The second-order valence-corrected chi connectivity index (χ2v) is 7.48. The van der Waals surface area contributed by atoms with Gasteiger partial charge in [0.1, 0.15) is 11.4 Å². The minimum Gasteiger partial charge on any atom is -0.369 e. The molecule has 1 aromatic carbocycles. The summed E-state index contributed by atoms with van der Waals surface area (Å²) >= 11 is 0. The van der Waals surface area contributed by atoms with Gasteiger partial charge in [-0.1, -0.05) is 0 Å². The van der Waals surface area contributed by atoms with Gasteiger partial charge in [0.2, 0.25) is 5.91 Å². The highest BCUT2D eigenvalue weighted by Crippen LogP contribution is 2.47. The maximum atomic E-state index is 14.7. The fraction of sp³-hybridized carbons (Fsp3) is 0.500. The van der Waals surface area contributed by atoms with Crippen LogP contribution in [0.4, 0.5) is 27.6 Å². The zero-order chi connectivity index (χ0) is 23.3. The summed E-state index contributed by atoms with van der Waals surface area (Å²) in [5.41, 5.74) is 2.27. The molecule has 12 heteroatoms. The number of methoxy groups -OCH3 is 1. The highest BCUT2D eigenvalue weighted by atomic mass is 19.4. The first-order chi connectivity index (χ1) is 13.5. The van der Waals surface area contributed by atoms with Gasteiger partial charge in [-0.2, -0.15) is 17.6 Å². The largest absolute Gasteiger partial charge is 0.458 e. The lowest BCUT2D eigenvalue weighted by Gasteiger charge is -2.46. The van der Waals surface area contributed by atoms with Gasteiger partial charge in [0.05, 0.1) is 5.41 Å². The van der Waals surface area contributed by atoms with Crippen molar-refractivity contribution in [1.82, 2.24) is 4.90 Å². The molecular formula is C18H21F5N4O3. The summed E-state index contributed by atoms with van der Waals surface area (Å²) in [5.74, 6) is -8.30. The Morgan fingerprint density at radius 2 is 1.80 bits per heavy atom. The number of guanidine groups is 1. The summed E-state index contributed by atoms with van der Waals surface area (Å²) in [6.07, 6.45) is -5.65. The summed E-state index contributed by atoms with van der Waals surface area (Å²) in [4.78, 5) is 29.9. The molecule has 1 aliphatic rings. The number of nitrogens with two attached hydrogens (primary N) is 1. The third kappa shape index (κ3) is 3.38. The van der Waals surface area contributed by atoms with Gasteiger partial charge < -0.3 is 15.8 Å². The van der Waals surface area contributed by atoms with E-state index in [9.17, 15) is 31.5 Å². The fourth-order valence-corrected chi connectivity index (χ4v) is 3.10. The van der Waals surface area contributed by atoms with Gasteiger partial charge in [-0.3, -0.25) is 14.5 Å². The van der Waals surface area contributed by atoms with Crippen molar-refractivity contribution in [3.05, 3.63) is 29.6 Å². The highest BCUT2D eigenvalue weighted by Gasteiger charge is 2.63. The van der Waals surface area contributed by atoms with Crippen molar-refractivity contribution in [2.24, 2.45) is 16.1 Å². The standard InChI is InChI=1S/C18H21F5N4O3/c1-15(2)13(29)27(4)14(24)26-16(15,3)10-8-9(6-7-11(10)19)25-12(28)17(20,30-5)18(21,22)23/h6-8H,1-5H3,(H2,24,26)(H,25,28)/t16-,17?/m1/s1. The Balaban J connectivity index is 2.55. The molecule has 2 atom stereocenters. The summed E-state index contributed by atoms with van der Waals surface area (Å²) < 4.78 is 71.1. The number of rotatable bonds is 4. The van der Waals surface area contributed by atoms with Crippen LogP contribution >= 0.6 is 0 Å². The summed E-state index contributed by atoms with van der Waals surface area (Å²) in [5, 5.41) is 1.72. The smallest absolute Gasteiger partial charge is 0.369 e. The lowest BCUT2D eigenvalue weighted by molar-refractivity contribution is -0.305. The molecule has 2 rings (SSSR count). The number of nitrogens with one attached hydrogen (secondary N) is 1. The van der Waals surface area contributed by atoms with Crippen LogP contribution < -0.4 is 11.1 Å². The van der Waals surface area contributed by atoms with Crippen LogP contribution in [0.25, 0.3) is 0 Å². The van der Waals surface area contributed by atoms with Crippen LogP contribution in [0.2, 0.25) is 0 Å². The molecule has 0 saturated heterocycles. The van der Waals surface area contributed by atoms with E-state index in [4.69, 9.17) is 5.73 Å². The first kappa shape index (κ1) is 23.5. The topological polar surface area (TPSA) is 97.0 Å². The van der Waals surface area contributed by atoms with E-state index in [1.54, 1.807) is 5.32 Å². The Kier molecular flexibility index (Phi) is 5.63. The normalized spacial score (nSPS) is 23.6. The van der Waals surface area contributed by atoms with E-state index < -0.39 is 40.6 Å². The number of hydrogen-bond donors (Lipinski definition) is 2. The first-order valence-electron chi connectivity index (χ1n) is 8.58. The number of alkyl halides is 4. The number of carbonyl (C=O) groups is 2. The third-order valence-corrected chi connectivity index (χ3v) is 5.42. The van der Waals surface area contributed by atoms with E-state index in [1.807, 2.05) is 0 Å². The SMILES string of the molecule is COC(F)(C(=O)Nc1ccc(F)c([C@@]2(C)N=C(N)N(C)C(=O)C2(C)C)c1)C(F)(F)F. The Morgan fingerprint density at radius 3 is 2.30 bits per heavy atom. The Labute approximate surface area is 169 Å². The van der Waals surface area contributed by atoms with Gasteiger partial charge in [-0.05, 0) is 39.0 Å². The Morgan fingerprint density at radius 1 is 1.23 bits per heavy atom. The average molecular weight is 436 g/mol. The summed E-state index contributed by atoms with van der Waals surface area (Å²) in [6.45, 7) is 4.40. The van der Waals surface area contributed by atoms with E-state index in [-0.39, 0.29) is 17.2 Å². The van der Waals surface area contributed by atoms with Gasteiger partial charge >= 0.3 is 12.0 Å². The minimum atomic E-state index is -5.65. The predicted octanol–water partition coefficient (Wildman–Crippen LogP) is 2.67. The molecule has 7 nitrogen and oxygen atoms in total. The Hall–Kier alpha value is -2.76. The molecule has 1 unspecified atom stereocenters. The van der Waals surface area contributed by atoms with Crippen molar-refractivity contribution in [2.75, 3.05) is 19.5 Å². The van der Waals surface area contributed by atoms with Crippen LogP contribution in [0.1, 0.15) is 26.3 Å². The fourth-order valence-electron chi connectivity index (χ4n) is 3.10. The molecule has 0 bridgehead atoms. The Bertz CT molecular complexity index is 918. The van der Waals surface area contributed by atoms with Crippen molar-refractivity contribution >= 4 is 23.5 Å². The molecule has 1 aromatic rings. The van der Waals surface area contributed by atoms with Crippen LogP contribution in [0.3, 0.4) is 0 Å². The van der Waals surface area contributed by atoms with Gasteiger partial charge in [-0.25, -0.2) is 9.38 Å². The van der Waals surface area contributed by atoms with Crippen molar-refractivity contribution in [3.8, 4) is 0 Å². The van der Waals surface area contributed by atoms with E-state index >= 15 is 0 Å². The molecule has 30 heavy (non-hydrogen) atoms. The average Bonchev–Trinajstić information content (AvgIpc) is 2.65. The van der Waals surface area contributed by atoms with E-state index in [0.717, 1.165) is 23.1 Å². The number of amides is 2. The molecule has 3 N–H and O–H groups in total. The molecule has 0 radical (unpaired) electrons. The van der Waals surface area contributed by atoms with Gasteiger partial charge in [0.15, 0.2) is 5.96 Å².